The molecule has 0 radical (unpaired) electrons. The Kier molecular flexibility index (Phi) is 3.29. The molecule has 0 amide bonds. The second-order valence-corrected chi connectivity index (χ2v) is 3.01. The average Bonchev–Trinajstić information content (AvgIpc) is 1.63. The van der Waals surface area contributed by atoms with Crippen LogP contribution in [0.25, 0.3) is 0 Å². The molecule has 0 unspecified atom stereocenters. The van der Waals surface area contributed by atoms with E-state index in [1.165, 1.54) is 0 Å². The molecule has 0 bridgehead atoms. The molecular formula is C7H15N2+. The monoisotopic (exact) mass is 127 g/mol. The molecule has 2 N–H and O–H groups in total. The van der Waals surface area contributed by atoms with Gasteiger partial charge in [-0.3, -0.25) is 0 Å². The summed E-state index contributed by atoms with van der Waals surface area (Å²) in [5.41, 5.74) is 5.18. The Morgan fingerprint density at radius 3 is 2.11 bits per heavy atom. The Labute approximate surface area is 57.2 Å². The largest absolute Gasteiger partial charge is 0.321 e. The Bertz CT molecular complexity index is 122. The minimum atomic E-state index is 0.472. The van der Waals surface area contributed by atoms with E-state index in [2.05, 4.69) is 33.0 Å². The average molecular weight is 127 g/mol. The zero-order valence-electron chi connectivity index (χ0n) is 6.44. The van der Waals surface area contributed by atoms with Crippen LogP contribution in [0.4, 0.5) is 0 Å². The van der Waals surface area contributed by atoms with Crippen molar-refractivity contribution in [3.05, 3.63) is 0 Å². The van der Waals surface area contributed by atoms with Gasteiger partial charge in [-0.2, -0.15) is 0 Å². The van der Waals surface area contributed by atoms with Crippen molar-refractivity contribution in [2.45, 2.75) is 0 Å². The lowest BCUT2D eigenvalue weighted by Gasteiger charge is -2.19. The number of nitrogens with two attached hydrogens (primary N) is 1. The summed E-state index contributed by atoms with van der Waals surface area (Å²) in [5.74, 6) is 5.79. The van der Waals surface area contributed by atoms with Crippen molar-refractivity contribution in [3.8, 4) is 11.8 Å². The van der Waals surface area contributed by atoms with E-state index in [-0.39, 0.29) is 0 Å². The van der Waals surface area contributed by atoms with E-state index in [4.69, 9.17) is 5.73 Å². The molecule has 0 aromatic heterocycles. The third kappa shape index (κ3) is 7.48. The second-order valence-electron chi connectivity index (χ2n) is 3.01. The number of quaternary nitrogens is 1. The fourth-order valence-corrected chi connectivity index (χ4v) is 0.365. The normalized spacial score (nSPS) is 10.2. The first-order valence-corrected chi connectivity index (χ1v) is 3.02. The Morgan fingerprint density at radius 2 is 1.78 bits per heavy atom. The maximum atomic E-state index is 5.18. The summed E-state index contributed by atoms with van der Waals surface area (Å²) in [7, 11) is 6.31. The first kappa shape index (κ1) is 8.48. The van der Waals surface area contributed by atoms with Crippen molar-refractivity contribution in [1.29, 1.82) is 0 Å². The standard InChI is InChI=1S/C7H15N2/c1-9(2,3)7-5-4-6-8/h6-8H2,1-3H3/q+1. The molecule has 0 aliphatic carbocycles. The molecule has 0 rings (SSSR count). The molecule has 0 aliphatic rings. The van der Waals surface area contributed by atoms with Crippen molar-refractivity contribution >= 4 is 0 Å². The first-order valence-electron chi connectivity index (χ1n) is 3.02. The fraction of sp³-hybridized carbons (Fsp3) is 0.714. The zero-order chi connectivity index (χ0) is 7.33. The predicted molar refractivity (Wildman–Crippen MR) is 39.7 cm³/mol. The molecule has 0 saturated heterocycles. The Morgan fingerprint density at radius 1 is 1.22 bits per heavy atom. The van der Waals surface area contributed by atoms with Gasteiger partial charge in [0, 0.05) is 0 Å². The molecule has 0 saturated carbocycles. The van der Waals surface area contributed by atoms with Gasteiger partial charge in [0.25, 0.3) is 0 Å². The molecule has 0 aromatic rings. The minimum absolute atomic E-state index is 0.472. The SMILES string of the molecule is C[N+](C)(C)CC#CCN. The van der Waals surface area contributed by atoms with Crippen LogP contribution in [-0.4, -0.2) is 38.7 Å². The van der Waals surface area contributed by atoms with Crippen LogP contribution in [0.15, 0.2) is 0 Å². The molecule has 0 heterocycles. The van der Waals surface area contributed by atoms with Crippen LogP contribution in [-0.2, 0) is 0 Å². The maximum absolute atomic E-state index is 5.18. The lowest BCUT2D eigenvalue weighted by Crippen LogP contribution is -2.34. The van der Waals surface area contributed by atoms with Gasteiger partial charge in [-0.25, -0.2) is 0 Å². The first-order chi connectivity index (χ1) is 4.06. The smallest absolute Gasteiger partial charge is 0.140 e. The molecule has 52 valence electrons. The van der Waals surface area contributed by atoms with Crippen molar-refractivity contribution in [3.63, 3.8) is 0 Å². The van der Waals surface area contributed by atoms with E-state index < -0.39 is 0 Å². The second kappa shape index (κ2) is 3.49. The van der Waals surface area contributed by atoms with Crippen LogP contribution in [0.2, 0.25) is 0 Å². The quantitative estimate of drug-likeness (QED) is 0.378. The minimum Gasteiger partial charge on any atom is -0.321 e. The van der Waals surface area contributed by atoms with Crippen LogP contribution in [0.5, 0.6) is 0 Å². The van der Waals surface area contributed by atoms with E-state index in [9.17, 15) is 0 Å². The summed E-state index contributed by atoms with van der Waals surface area (Å²) in [5, 5.41) is 0. The molecular weight excluding hydrogens is 112 g/mol. The van der Waals surface area contributed by atoms with Crippen molar-refractivity contribution in [1.82, 2.24) is 0 Å². The topological polar surface area (TPSA) is 26.0 Å². The molecule has 2 nitrogen and oxygen atoms in total. The van der Waals surface area contributed by atoms with Crippen molar-refractivity contribution in [2.24, 2.45) is 5.73 Å². The van der Waals surface area contributed by atoms with Gasteiger partial charge in [0.05, 0.1) is 27.7 Å². The fourth-order valence-electron chi connectivity index (χ4n) is 0.365. The number of hydrogen-bond donors (Lipinski definition) is 1. The molecule has 0 aliphatic heterocycles. The number of nitrogens with zero attached hydrogens (tertiary/aromatic N) is 1. The highest BCUT2D eigenvalue weighted by Gasteiger charge is 2.00. The van der Waals surface area contributed by atoms with Gasteiger partial charge in [-0.15, -0.1) is 0 Å². The highest BCUT2D eigenvalue weighted by Crippen LogP contribution is 1.84. The van der Waals surface area contributed by atoms with Gasteiger partial charge in [0.15, 0.2) is 0 Å². The Hall–Kier alpha value is -0.520. The lowest BCUT2D eigenvalue weighted by atomic mass is 10.5. The molecule has 2 heteroatoms. The maximum Gasteiger partial charge on any atom is 0.140 e. The van der Waals surface area contributed by atoms with Gasteiger partial charge >= 0.3 is 0 Å². The Balaban J connectivity index is 3.50. The highest BCUT2D eigenvalue weighted by atomic mass is 15.3. The van der Waals surface area contributed by atoms with Gasteiger partial charge in [0.1, 0.15) is 6.54 Å². The van der Waals surface area contributed by atoms with E-state index >= 15 is 0 Å². The lowest BCUT2D eigenvalue weighted by molar-refractivity contribution is -0.862. The van der Waals surface area contributed by atoms with Gasteiger partial charge in [-0.1, -0.05) is 5.92 Å². The van der Waals surface area contributed by atoms with Crippen LogP contribution < -0.4 is 5.73 Å². The van der Waals surface area contributed by atoms with Crippen molar-refractivity contribution < 1.29 is 4.48 Å². The number of rotatable bonds is 1. The summed E-state index contributed by atoms with van der Waals surface area (Å²) in [6.07, 6.45) is 0. The third-order valence-electron chi connectivity index (χ3n) is 0.780. The third-order valence-corrected chi connectivity index (χ3v) is 0.780. The molecule has 0 aromatic carbocycles. The van der Waals surface area contributed by atoms with Crippen LogP contribution in [0.3, 0.4) is 0 Å². The van der Waals surface area contributed by atoms with E-state index in [1.54, 1.807) is 0 Å². The van der Waals surface area contributed by atoms with Gasteiger partial charge in [-0.05, 0) is 5.92 Å². The molecule has 0 atom stereocenters. The van der Waals surface area contributed by atoms with Gasteiger partial charge in [0.2, 0.25) is 0 Å². The molecule has 0 spiro atoms. The van der Waals surface area contributed by atoms with Gasteiger partial charge < -0.3 is 10.2 Å². The summed E-state index contributed by atoms with van der Waals surface area (Å²) in [6.45, 7) is 1.34. The van der Waals surface area contributed by atoms with E-state index in [0.29, 0.717) is 6.54 Å². The summed E-state index contributed by atoms with van der Waals surface area (Å²) < 4.78 is 0.882. The number of hydrogen-bond acceptors (Lipinski definition) is 1. The summed E-state index contributed by atoms with van der Waals surface area (Å²) in [4.78, 5) is 0. The van der Waals surface area contributed by atoms with Crippen LogP contribution >= 0.6 is 0 Å². The zero-order valence-corrected chi connectivity index (χ0v) is 6.44. The highest BCUT2D eigenvalue weighted by molar-refractivity contribution is 4.99. The van der Waals surface area contributed by atoms with Crippen LogP contribution in [0.1, 0.15) is 0 Å². The summed E-state index contributed by atoms with van der Waals surface area (Å²) in [6, 6.07) is 0. The predicted octanol–water partition coefficient (Wildman–Crippen LogP) is -0.345. The molecule has 0 fully saturated rings. The molecule has 9 heavy (non-hydrogen) atoms. The van der Waals surface area contributed by atoms with E-state index in [1.807, 2.05) is 0 Å². The van der Waals surface area contributed by atoms with E-state index in [0.717, 1.165) is 11.0 Å². The van der Waals surface area contributed by atoms with Crippen molar-refractivity contribution in [2.75, 3.05) is 34.2 Å². The van der Waals surface area contributed by atoms with Crippen LogP contribution in [0, 0.1) is 11.8 Å². The summed E-state index contributed by atoms with van der Waals surface area (Å²) >= 11 is 0.